The van der Waals surface area contributed by atoms with Crippen LogP contribution in [-0.2, 0) is 14.1 Å². The molecule has 0 spiro atoms. The molecule has 0 saturated carbocycles. The van der Waals surface area contributed by atoms with E-state index in [0.717, 1.165) is 0 Å². The minimum atomic E-state index is -1.99. The molecule has 7 nitrogen and oxygen atoms in total. The van der Waals surface area contributed by atoms with Crippen LogP contribution in [0.15, 0.2) is 18.2 Å². The van der Waals surface area contributed by atoms with Crippen molar-refractivity contribution < 1.29 is 33.8 Å². The van der Waals surface area contributed by atoms with E-state index in [1.807, 2.05) is 0 Å². The van der Waals surface area contributed by atoms with Crippen molar-refractivity contribution in [2.75, 3.05) is 14.2 Å². The number of fused-ring (bicyclic) bond motifs is 1. The summed E-state index contributed by atoms with van der Waals surface area (Å²) in [6.07, 6.45) is 0. The molecule has 0 aromatic heterocycles. The average molecular weight is 350 g/mol. The number of rotatable bonds is 6. The molecule has 0 unspecified atom stereocenters. The molecule has 0 saturated heterocycles. The topological polar surface area (TPSA) is 102 Å². The van der Waals surface area contributed by atoms with Crippen molar-refractivity contribution in [2.24, 2.45) is 0 Å². The summed E-state index contributed by atoms with van der Waals surface area (Å²) in [5, 5.41) is 20.5. The molecule has 0 heterocycles. The second kappa shape index (κ2) is 6.30. The number of ketones is 2. The van der Waals surface area contributed by atoms with E-state index in [-0.39, 0.29) is 16.6 Å². The molecule has 8 heteroatoms. The van der Waals surface area contributed by atoms with Crippen molar-refractivity contribution in [1.82, 2.24) is 0 Å². The molecule has 2 N–H and O–H groups in total. The van der Waals surface area contributed by atoms with E-state index in [2.05, 4.69) is 0 Å². The maximum Gasteiger partial charge on any atom is 0.491 e. The van der Waals surface area contributed by atoms with Gasteiger partial charge in [-0.3, -0.25) is 9.59 Å². The molecule has 1 aliphatic carbocycles. The van der Waals surface area contributed by atoms with Crippen molar-refractivity contribution >= 4 is 24.1 Å². The third-order valence-corrected chi connectivity index (χ3v) is 4.87. The maximum atomic E-state index is 12.6. The van der Waals surface area contributed by atoms with Gasteiger partial charge in [-0.1, -0.05) is 18.2 Å². The van der Waals surface area contributed by atoms with Gasteiger partial charge in [-0.05, 0) is 33.2 Å². The average Bonchev–Trinajstić information content (AvgIpc) is 2.74. The van der Waals surface area contributed by atoms with E-state index in [4.69, 9.17) is 14.1 Å². The lowest BCUT2D eigenvalue weighted by atomic mass is 9.75. The molecule has 0 amide bonds. The van der Waals surface area contributed by atoms with Crippen LogP contribution in [0.1, 0.15) is 48.4 Å². The normalized spacial score (nSPS) is 17.0. The molecule has 1 aliphatic rings. The highest BCUT2D eigenvalue weighted by Crippen LogP contribution is 2.33. The van der Waals surface area contributed by atoms with Crippen LogP contribution in [0.4, 0.5) is 0 Å². The summed E-state index contributed by atoms with van der Waals surface area (Å²) >= 11 is 0. The Labute approximate surface area is 147 Å². The van der Waals surface area contributed by atoms with Gasteiger partial charge in [-0.15, -0.1) is 0 Å². The molecular weight excluding hydrogens is 327 g/mol. The Bertz CT molecular complexity index is 701. The van der Waals surface area contributed by atoms with E-state index < -0.39 is 35.7 Å². The minimum Gasteiger partial charge on any atom is -0.423 e. The van der Waals surface area contributed by atoms with Gasteiger partial charge >= 0.3 is 7.12 Å². The highest BCUT2D eigenvalue weighted by atomic mass is 16.7. The lowest BCUT2D eigenvalue weighted by Crippen LogP contribution is -2.53. The Morgan fingerprint density at radius 3 is 2.00 bits per heavy atom. The number of methoxy groups -OCH3 is 2. The second-order valence-electron chi connectivity index (χ2n) is 7.03. The number of hydrogen-bond donors (Lipinski definition) is 2. The summed E-state index contributed by atoms with van der Waals surface area (Å²) in [6.45, 7) is 6.41. The Morgan fingerprint density at radius 2 is 1.52 bits per heavy atom. The van der Waals surface area contributed by atoms with Crippen molar-refractivity contribution in [3.05, 3.63) is 29.3 Å². The molecule has 0 atom stereocenters. The lowest BCUT2D eigenvalue weighted by molar-refractivity contribution is -0.133. The van der Waals surface area contributed by atoms with Crippen LogP contribution < -0.4 is 5.46 Å². The predicted molar refractivity (Wildman–Crippen MR) is 90.9 cm³/mol. The molecule has 0 bridgehead atoms. The van der Waals surface area contributed by atoms with Crippen LogP contribution in [0.25, 0.3) is 0 Å². The SMILES string of the molecule is COC1(OC)C(=O)c2ccc(B(O)OC(C)(C)C(C)(C)O)cc2C1=O. The van der Waals surface area contributed by atoms with Gasteiger partial charge < -0.3 is 24.3 Å². The van der Waals surface area contributed by atoms with Crippen LogP contribution >= 0.6 is 0 Å². The summed E-state index contributed by atoms with van der Waals surface area (Å²) in [7, 11) is 1.04. The van der Waals surface area contributed by atoms with Gasteiger partial charge in [0.15, 0.2) is 0 Å². The summed E-state index contributed by atoms with van der Waals surface area (Å²) in [5.41, 5.74) is -1.74. The fraction of sp³-hybridized carbons (Fsp3) is 0.529. The summed E-state index contributed by atoms with van der Waals surface area (Å²) in [5.74, 6) is -3.20. The van der Waals surface area contributed by atoms with Gasteiger partial charge in [0.25, 0.3) is 5.79 Å². The fourth-order valence-corrected chi connectivity index (χ4v) is 2.50. The molecule has 0 fully saturated rings. The molecule has 1 aromatic rings. The molecule has 1 aromatic carbocycles. The van der Waals surface area contributed by atoms with Gasteiger partial charge in [0.1, 0.15) is 0 Å². The zero-order valence-electron chi connectivity index (χ0n) is 15.2. The molecule has 0 aliphatic heterocycles. The molecule has 136 valence electrons. The van der Waals surface area contributed by atoms with E-state index in [1.54, 1.807) is 27.7 Å². The number of Topliss-reactive ketones (excluding diaryl/α,β-unsaturated/α-hetero) is 2. The van der Waals surface area contributed by atoms with Crippen molar-refractivity contribution in [1.29, 1.82) is 0 Å². The van der Waals surface area contributed by atoms with Gasteiger partial charge in [0, 0.05) is 25.3 Å². The van der Waals surface area contributed by atoms with Gasteiger partial charge in [-0.2, -0.15) is 0 Å². The Morgan fingerprint density at radius 1 is 1.00 bits per heavy atom. The number of benzene rings is 1. The Balaban J connectivity index is 2.37. The monoisotopic (exact) mass is 350 g/mol. The number of carbonyl (C=O) groups excluding carboxylic acids is 2. The van der Waals surface area contributed by atoms with E-state index in [9.17, 15) is 19.7 Å². The highest BCUT2D eigenvalue weighted by Gasteiger charge is 2.55. The Kier molecular flexibility index (Phi) is 4.98. The van der Waals surface area contributed by atoms with Crippen molar-refractivity contribution in [2.45, 2.75) is 44.7 Å². The first kappa shape index (κ1) is 19.7. The van der Waals surface area contributed by atoms with Crippen molar-refractivity contribution in [3.63, 3.8) is 0 Å². The summed E-state index contributed by atoms with van der Waals surface area (Å²) in [6, 6.07) is 4.28. The van der Waals surface area contributed by atoms with Gasteiger partial charge in [0.05, 0.1) is 11.2 Å². The first-order valence-corrected chi connectivity index (χ1v) is 7.83. The first-order valence-electron chi connectivity index (χ1n) is 7.83. The smallest absolute Gasteiger partial charge is 0.423 e. The molecular formula is C17H23BO7. The van der Waals surface area contributed by atoms with Gasteiger partial charge in [-0.25, -0.2) is 0 Å². The van der Waals surface area contributed by atoms with Crippen molar-refractivity contribution in [3.8, 4) is 0 Å². The van der Waals surface area contributed by atoms with Crippen LogP contribution in [0.3, 0.4) is 0 Å². The summed E-state index contributed by atoms with van der Waals surface area (Å²) < 4.78 is 15.6. The van der Waals surface area contributed by atoms with Gasteiger partial charge in [0.2, 0.25) is 11.6 Å². The van der Waals surface area contributed by atoms with E-state index in [1.165, 1.54) is 32.4 Å². The zero-order chi connectivity index (χ0) is 19.2. The number of hydrogen-bond acceptors (Lipinski definition) is 7. The minimum absolute atomic E-state index is 0.0925. The quantitative estimate of drug-likeness (QED) is 0.432. The zero-order valence-corrected chi connectivity index (χ0v) is 15.2. The fourth-order valence-electron chi connectivity index (χ4n) is 2.50. The Hall–Kier alpha value is -1.58. The van der Waals surface area contributed by atoms with E-state index in [0.29, 0.717) is 0 Å². The van der Waals surface area contributed by atoms with Crippen LogP contribution in [0.2, 0.25) is 0 Å². The maximum absolute atomic E-state index is 12.6. The molecule has 0 radical (unpaired) electrons. The molecule has 2 rings (SSSR count). The lowest BCUT2D eigenvalue weighted by Gasteiger charge is -2.38. The first-order chi connectivity index (χ1) is 11.4. The predicted octanol–water partition coefficient (Wildman–Crippen LogP) is 0.308. The highest BCUT2D eigenvalue weighted by molar-refractivity contribution is 6.60. The number of carbonyl (C=O) groups is 2. The largest absolute Gasteiger partial charge is 0.491 e. The van der Waals surface area contributed by atoms with Crippen LogP contribution in [0.5, 0.6) is 0 Å². The number of ether oxygens (including phenoxy) is 2. The standard InChI is InChI=1S/C17H23BO7/c1-15(2,21)16(3,4)25-18(22)10-7-8-11-12(9-10)14(20)17(23-5,24-6)13(11)19/h7-9,21-22H,1-6H3. The summed E-state index contributed by atoms with van der Waals surface area (Å²) in [4.78, 5) is 25.0. The number of aliphatic hydroxyl groups is 1. The van der Waals surface area contributed by atoms with Crippen LogP contribution in [0, 0.1) is 0 Å². The third kappa shape index (κ3) is 3.05. The third-order valence-electron chi connectivity index (χ3n) is 4.87. The van der Waals surface area contributed by atoms with E-state index >= 15 is 0 Å². The molecule has 25 heavy (non-hydrogen) atoms. The van der Waals surface area contributed by atoms with Crippen LogP contribution in [-0.4, -0.2) is 60.0 Å². The second-order valence-corrected chi connectivity index (χ2v) is 7.03.